The van der Waals surface area contributed by atoms with Gasteiger partial charge in [-0.25, -0.2) is 9.97 Å². The average Bonchev–Trinajstić information content (AvgIpc) is 2.48. The van der Waals surface area contributed by atoms with E-state index in [4.69, 9.17) is 4.74 Å². The van der Waals surface area contributed by atoms with Gasteiger partial charge in [0.15, 0.2) is 0 Å². The molecule has 1 unspecified atom stereocenters. The lowest BCUT2D eigenvalue weighted by atomic mass is 9.85. The molecule has 0 spiro atoms. The molecule has 2 heterocycles. The minimum atomic E-state index is -0.0759. The number of ether oxygens (including phenoxy) is 1. The fourth-order valence-corrected chi connectivity index (χ4v) is 2.51. The molecule has 1 fully saturated rings. The first-order valence-electron chi connectivity index (χ1n) is 7.03. The molecule has 0 bridgehead atoms. The number of carbonyl (C=O) groups excluding carboxylic acids is 1. The van der Waals surface area contributed by atoms with Crippen LogP contribution >= 0.6 is 0 Å². The second kappa shape index (κ2) is 7.19. The molecule has 2 rings (SSSR count). The van der Waals surface area contributed by atoms with Crippen LogP contribution in [0.4, 0.5) is 5.95 Å². The van der Waals surface area contributed by atoms with Gasteiger partial charge in [0.05, 0.1) is 5.92 Å². The third kappa shape index (κ3) is 3.90. The monoisotopic (exact) mass is 278 g/mol. The third-order valence-electron chi connectivity index (χ3n) is 3.69. The maximum atomic E-state index is 12.1. The van der Waals surface area contributed by atoms with Crippen LogP contribution in [0.3, 0.4) is 0 Å². The summed E-state index contributed by atoms with van der Waals surface area (Å²) >= 11 is 0. The topological polar surface area (TPSA) is 76.1 Å². The Morgan fingerprint density at radius 1 is 1.50 bits per heavy atom. The molecule has 1 aliphatic heterocycles. The van der Waals surface area contributed by atoms with E-state index in [1.54, 1.807) is 13.2 Å². The normalized spacial score (nSPS) is 17.5. The fraction of sp³-hybridized carbons (Fsp3) is 0.643. The lowest BCUT2D eigenvalue weighted by molar-refractivity contribution is -0.126. The van der Waals surface area contributed by atoms with Gasteiger partial charge < -0.3 is 15.4 Å². The van der Waals surface area contributed by atoms with Crippen molar-refractivity contribution in [3.8, 4) is 0 Å². The van der Waals surface area contributed by atoms with Gasteiger partial charge in [0.1, 0.15) is 0 Å². The first kappa shape index (κ1) is 14.7. The molecule has 0 aliphatic carbocycles. The van der Waals surface area contributed by atoms with Gasteiger partial charge in [-0.1, -0.05) is 0 Å². The summed E-state index contributed by atoms with van der Waals surface area (Å²) in [6.07, 6.45) is 3.57. The lowest BCUT2D eigenvalue weighted by Gasteiger charge is -2.29. The molecule has 1 aromatic rings. The van der Waals surface area contributed by atoms with Crippen molar-refractivity contribution in [1.29, 1.82) is 0 Å². The zero-order valence-corrected chi connectivity index (χ0v) is 12.1. The van der Waals surface area contributed by atoms with Crippen LogP contribution in [-0.2, 0) is 9.53 Å². The molecular formula is C14H22N4O2. The van der Waals surface area contributed by atoms with E-state index in [0.717, 1.165) is 31.7 Å². The van der Waals surface area contributed by atoms with Crippen LogP contribution in [0, 0.1) is 18.8 Å². The van der Waals surface area contributed by atoms with Crippen LogP contribution in [0.15, 0.2) is 12.3 Å². The Bertz CT molecular complexity index is 447. The number of rotatable bonds is 5. The molecule has 1 aromatic heterocycles. The average molecular weight is 278 g/mol. The van der Waals surface area contributed by atoms with E-state index >= 15 is 0 Å². The largest absolute Gasteiger partial charge is 0.381 e. The van der Waals surface area contributed by atoms with Gasteiger partial charge in [0.25, 0.3) is 0 Å². The summed E-state index contributed by atoms with van der Waals surface area (Å²) in [5.74, 6) is 0.914. The molecule has 110 valence electrons. The third-order valence-corrected chi connectivity index (χ3v) is 3.69. The predicted molar refractivity (Wildman–Crippen MR) is 76.4 cm³/mol. The van der Waals surface area contributed by atoms with E-state index in [1.807, 2.05) is 13.0 Å². The summed E-state index contributed by atoms with van der Waals surface area (Å²) in [5.41, 5.74) is 0.907. The fourth-order valence-electron chi connectivity index (χ4n) is 2.51. The van der Waals surface area contributed by atoms with E-state index in [1.165, 1.54) is 0 Å². The highest BCUT2D eigenvalue weighted by Gasteiger charge is 2.29. The first-order valence-corrected chi connectivity index (χ1v) is 7.03. The number of hydrogen-bond donors (Lipinski definition) is 2. The quantitative estimate of drug-likeness (QED) is 0.840. The number of aryl methyl sites for hydroxylation is 1. The lowest BCUT2D eigenvalue weighted by Crippen LogP contribution is -2.39. The molecular weight excluding hydrogens is 256 g/mol. The van der Waals surface area contributed by atoms with Crippen LogP contribution in [0.25, 0.3) is 0 Å². The molecule has 6 heteroatoms. The van der Waals surface area contributed by atoms with Gasteiger partial charge >= 0.3 is 0 Å². The summed E-state index contributed by atoms with van der Waals surface area (Å²) in [4.78, 5) is 20.5. The van der Waals surface area contributed by atoms with Crippen LogP contribution in [0.2, 0.25) is 0 Å². The molecule has 20 heavy (non-hydrogen) atoms. The standard InChI is InChI=1S/C14H22N4O2/c1-10-3-6-16-14(18-10)17-9-12(13(19)15-2)11-4-7-20-8-5-11/h3,6,11-12H,4-5,7-9H2,1-2H3,(H,15,19)(H,16,17,18). The highest BCUT2D eigenvalue weighted by molar-refractivity contribution is 5.79. The van der Waals surface area contributed by atoms with Gasteiger partial charge in [-0.3, -0.25) is 4.79 Å². The van der Waals surface area contributed by atoms with E-state index in [9.17, 15) is 4.79 Å². The van der Waals surface area contributed by atoms with Crippen molar-refractivity contribution >= 4 is 11.9 Å². The highest BCUT2D eigenvalue weighted by Crippen LogP contribution is 2.24. The second-order valence-corrected chi connectivity index (χ2v) is 5.07. The van der Waals surface area contributed by atoms with Crippen molar-refractivity contribution in [2.24, 2.45) is 11.8 Å². The summed E-state index contributed by atoms with van der Waals surface area (Å²) in [7, 11) is 1.68. The Morgan fingerprint density at radius 2 is 2.25 bits per heavy atom. The van der Waals surface area contributed by atoms with E-state index in [0.29, 0.717) is 18.4 Å². The van der Waals surface area contributed by atoms with E-state index in [-0.39, 0.29) is 11.8 Å². The Hall–Kier alpha value is -1.69. The van der Waals surface area contributed by atoms with E-state index in [2.05, 4.69) is 20.6 Å². The second-order valence-electron chi connectivity index (χ2n) is 5.07. The molecule has 1 saturated heterocycles. The van der Waals surface area contributed by atoms with Crippen molar-refractivity contribution < 1.29 is 9.53 Å². The number of carbonyl (C=O) groups is 1. The van der Waals surface area contributed by atoms with Crippen LogP contribution < -0.4 is 10.6 Å². The number of nitrogens with one attached hydrogen (secondary N) is 2. The zero-order chi connectivity index (χ0) is 14.4. The number of hydrogen-bond acceptors (Lipinski definition) is 5. The Morgan fingerprint density at radius 3 is 2.90 bits per heavy atom. The van der Waals surface area contributed by atoms with Crippen molar-refractivity contribution in [3.63, 3.8) is 0 Å². The number of amides is 1. The summed E-state index contributed by atoms with van der Waals surface area (Å²) in [5, 5.41) is 5.92. The molecule has 1 atom stereocenters. The van der Waals surface area contributed by atoms with Crippen molar-refractivity contribution in [1.82, 2.24) is 15.3 Å². The van der Waals surface area contributed by atoms with Crippen molar-refractivity contribution in [3.05, 3.63) is 18.0 Å². The number of nitrogens with zero attached hydrogens (tertiary/aromatic N) is 2. The molecule has 2 N–H and O–H groups in total. The predicted octanol–water partition coefficient (Wildman–Crippen LogP) is 0.986. The smallest absolute Gasteiger partial charge is 0.224 e. The molecule has 0 radical (unpaired) electrons. The van der Waals surface area contributed by atoms with Gasteiger partial charge in [0, 0.05) is 38.7 Å². The molecule has 6 nitrogen and oxygen atoms in total. The Kier molecular flexibility index (Phi) is 5.29. The van der Waals surface area contributed by atoms with E-state index < -0.39 is 0 Å². The first-order chi connectivity index (χ1) is 9.70. The SMILES string of the molecule is CNC(=O)C(CNc1nccc(C)n1)C1CCOCC1. The maximum absolute atomic E-state index is 12.1. The number of aromatic nitrogens is 2. The highest BCUT2D eigenvalue weighted by atomic mass is 16.5. The zero-order valence-electron chi connectivity index (χ0n) is 12.1. The van der Waals surface area contributed by atoms with Crippen LogP contribution in [0.5, 0.6) is 0 Å². The van der Waals surface area contributed by atoms with Gasteiger partial charge in [-0.2, -0.15) is 0 Å². The Labute approximate surface area is 119 Å². The summed E-state index contributed by atoms with van der Waals surface area (Å²) in [6, 6.07) is 1.85. The van der Waals surface area contributed by atoms with Gasteiger partial charge in [-0.05, 0) is 31.7 Å². The van der Waals surface area contributed by atoms with Crippen molar-refractivity contribution in [2.75, 3.05) is 32.1 Å². The van der Waals surface area contributed by atoms with Crippen LogP contribution in [0.1, 0.15) is 18.5 Å². The minimum Gasteiger partial charge on any atom is -0.381 e. The Balaban J connectivity index is 1.98. The van der Waals surface area contributed by atoms with Gasteiger partial charge in [-0.15, -0.1) is 0 Å². The number of anilines is 1. The maximum Gasteiger partial charge on any atom is 0.224 e. The molecule has 1 amide bonds. The molecule has 0 saturated carbocycles. The molecule has 0 aromatic carbocycles. The molecule has 1 aliphatic rings. The minimum absolute atomic E-state index is 0.0667. The van der Waals surface area contributed by atoms with Crippen LogP contribution in [-0.4, -0.2) is 42.7 Å². The van der Waals surface area contributed by atoms with Gasteiger partial charge in [0.2, 0.25) is 11.9 Å². The summed E-state index contributed by atoms with van der Waals surface area (Å²) < 4.78 is 5.36. The summed E-state index contributed by atoms with van der Waals surface area (Å²) in [6.45, 7) is 3.94. The van der Waals surface area contributed by atoms with Crippen molar-refractivity contribution in [2.45, 2.75) is 19.8 Å².